The first kappa shape index (κ1) is 18.1. The number of hydrogen-bond acceptors (Lipinski definition) is 2. The highest BCUT2D eigenvalue weighted by Crippen LogP contribution is 2.26. The van der Waals surface area contributed by atoms with Crippen LogP contribution in [0.15, 0.2) is 24.3 Å². The van der Waals surface area contributed by atoms with E-state index in [0.717, 1.165) is 37.9 Å². The smallest absolute Gasteiger partial charge is 0.123 e. The lowest BCUT2D eigenvalue weighted by atomic mass is 9.95. The zero-order valence-corrected chi connectivity index (χ0v) is 13.8. The van der Waals surface area contributed by atoms with Crippen LogP contribution in [0, 0.1) is 5.82 Å². The highest BCUT2D eigenvalue weighted by Gasteiger charge is 2.25. The van der Waals surface area contributed by atoms with E-state index < -0.39 is 0 Å². The van der Waals surface area contributed by atoms with Crippen LogP contribution < -0.4 is 5.73 Å². The van der Waals surface area contributed by atoms with Gasteiger partial charge in [-0.15, -0.1) is 0 Å². The van der Waals surface area contributed by atoms with Gasteiger partial charge in [0.25, 0.3) is 0 Å². The minimum absolute atomic E-state index is 0.0421. The van der Waals surface area contributed by atoms with Crippen LogP contribution in [0.3, 0.4) is 0 Å². The van der Waals surface area contributed by atoms with E-state index in [1.54, 1.807) is 12.1 Å². The fraction of sp³-hybridized carbons (Fsp3) is 0.667. The third-order valence-corrected chi connectivity index (χ3v) is 4.06. The van der Waals surface area contributed by atoms with Crippen molar-refractivity contribution in [2.75, 3.05) is 13.1 Å². The molecular weight excluding hydrogens is 263 g/mol. The first-order chi connectivity index (χ1) is 10.1. The Morgan fingerprint density at radius 2 is 1.71 bits per heavy atom. The highest BCUT2D eigenvalue weighted by atomic mass is 19.1. The van der Waals surface area contributed by atoms with Crippen molar-refractivity contribution in [1.82, 2.24) is 4.90 Å². The minimum Gasteiger partial charge on any atom is -0.326 e. The lowest BCUT2D eigenvalue weighted by Gasteiger charge is -2.36. The summed E-state index contributed by atoms with van der Waals surface area (Å²) < 4.78 is 13.6. The van der Waals surface area contributed by atoms with Crippen molar-refractivity contribution in [3.8, 4) is 0 Å². The van der Waals surface area contributed by atoms with Crippen LogP contribution in [0.5, 0.6) is 0 Å². The van der Waals surface area contributed by atoms with Crippen LogP contribution in [0.1, 0.15) is 64.5 Å². The molecule has 0 aliphatic carbocycles. The SMILES string of the molecule is CCCCN(CCCC)C(c1cccc(F)c1)C(N)CC. The fourth-order valence-electron chi connectivity index (χ4n) is 2.76. The molecule has 2 unspecified atom stereocenters. The number of rotatable bonds is 10. The molecule has 0 radical (unpaired) electrons. The second kappa shape index (κ2) is 9.91. The summed E-state index contributed by atoms with van der Waals surface area (Å²) in [5.74, 6) is -0.174. The first-order valence-corrected chi connectivity index (χ1v) is 8.39. The summed E-state index contributed by atoms with van der Waals surface area (Å²) in [6, 6.07) is 7.10. The summed E-state index contributed by atoms with van der Waals surface area (Å²) in [7, 11) is 0. The maximum atomic E-state index is 13.6. The fourth-order valence-corrected chi connectivity index (χ4v) is 2.76. The zero-order chi connectivity index (χ0) is 15.7. The van der Waals surface area contributed by atoms with Crippen LogP contribution in [0.2, 0.25) is 0 Å². The summed E-state index contributed by atoms with van der Waals surface area (Å²) in [6.07, 6.45) is 5.55. The Morgan fingerprint density at radius 1 is 1.10 bits per heavy atom. The molecule has 0 bridgehead atoms. The third-order valence-electron chi connectivity index (χ3n) is 4.06. The van der Waals surface area contributed by atoms with E-state index in [1.807, 2.05) is 6.07 Å². The van der Waals surface area contributed by atoms with Crippen LogP contribution in [0.4, 0.5) is 4.39 Å². The Labute approximate surface area is 129 Å². The van der Waals surface area contributed by atoms with Gasteiger partial charge in [0, 0.05) is 12.1 Å². The van der Waals surface area contributed by atoms with Crippen LogP contribution in [-0.4, -0.2) is 24.0 Å². The van der Waals surface area contributed by atoms with Crippen molar-refractivity contribution >= 4 is 0 Å². The molecule has 0 aliphatic heterocycles. The number of benzene rings is 1. The van der Waals surface area contributed by atoms with Crippen molar-refractivity contribution < 1.29 is 4.39 Å². The van der Waals surface area contributed by atoms with E-state index in [4.69, 9.17) is 5.73 Å². The van der Waals surface area contributed by atoms with Gasteiger partial charge in [0.1, 0.15) is 5.82 Å². The van der Waals surface area contributed by atoms with Crippen molar-refractivity contribution in [2.24, 2.45) is 5.73 Å². The Balaban J connectivity index is 3.00. The molecule has 0 saturated heterocycles. The van der Waals surface area contributed by atoms with Gasteiger partial charge < -0.3 is 5.73 Å². The molecule has 3 heteroatoms. The third kappa shape index (κ3) is 5.76. The standard InChI is InChI=1S/C18H31FN2/c1-4-7-12-21(13-8-5-2)18(17(20)6-3)15-10-9-11-16(19)14-15/h9-11,14,17-18H,4-8,12-13,20H2,1-3H3. The second-order valence-corrected chi connectivity index (χ2v) is 5.82. The molecule has 2 nitrogen and oxygen atoms in total. The lowest BCUT2D eigenvalue weighted by Crippen LogP contribution is -2.42. The van der Waals surface area contributed by atoms with Gasteiger partial charge in [0.15, 0.2) is 0 Å². The van der Waals surface area contributed by atoms with Gasteiger partial charge in [0.05, 0.1) is 0 Å². The molecule has 1 aromatic rings. The minimum atomic E-state index is -0.174. The molecule has 0 saturated carbocycles. The van der Waals surface area contributed by atoms with Crippen molar-refractivity contribution in [1.29, 1.82) is 0 Å². The average molecular weight is 294 g/mol. The number of nitrogens with two attached hydrogens (primary N) is 1. The molecule has 0 aliphatic rings. The average Bonchev–Trinajstić information content (AvgIpc) is 2.49. The molecule has 120 valence electrons. The van der Waals surface area contributed by atoms with E-state index >= 15 is 0 Å². The Morgan fingerprint density at radius 3 is 2.19 bits per heavy atom. The first-order valence-electron chi connectivity index (χ1n) is 8.39. The van der Waals surface area contributed by atoms with Crippen LogP contribution >= 0.6 is 0 Å². The van der Waals surface area contributed by atoms with E-state index in [1.165, 1.54) is 18.9 Å². The second-order valence-electron chi connectivity index (χ2n) is 5.82. The molecule has 1 rings (SSSR count). The van der Waals surface area contributed by atoms with Gasteiger partial charge in [-0.3, -0.25) is 4.90 Å². The molecular formula is C18H31FN2. The van der Waals surface area contributed by atoms with Crippen molar-refractivity contribution in [3.05, 3.63) is 35.6 Å². The van der Waals surface area contributed by atoms with Crippen molar-refractivity contribution in [3.63, 3.8) is 0 Å². The zero-order valence-electron chi connectivity index (χ0n) is 13.8. The number of nitrogens with zero attached hydrogens (tertiary/aromatic N) is 1. The quantitative estimate of drug-likeness (QED) is 0.688. The molecule has 0 spiro atoms. The van der Waals surface area contributed by atoms with Gasteiger partial charge >= 0.3 is 0 Å². The normalized spacial score (nSPS) is 14.4. The van der Waals surface area contributed by atoms with E-state index in [0.29, 0.717) is 0 Å². The predicted molar refractivity (Wildman–Crippen MR) is 88.8 cm³/mol. The topological polar surface area (TPSA) is 29.3 Å². The molecule has 1 aromatic carbocycles. The van der Waals surface area contributed by atoms with Gasteiger partial charge in [-0.05, 0) is 50.0 Å². The molecule has 0 amide bonds. The molecule has 0 heterocycles. The summed E-state index contributed by atoms with van der Waals surface area (Å²) >= 11 is 0. The molecule has 2 N–H and O–H groups in total. The maximum Gasteiger partial charge on any atom is 0.123 e. The van der Waals surface area contributed by atoms with E-state index in [9.17, 15) is 4.39 Å². The molecule has 21 heavy (non-hydrogen) atoms. The highest BCUT2D eigenvalue weighted by molar-refractivity contribution is 5.22. The molecule has 2 atom stereocenters. The largest absolute Gasteiger partial charge is 0.326 e. The maximum absolute atomic E-state index is 13.6. The Bertz CT molecular complexity index is 387. The monoisotopic (exact) mass is 294 g/mol. The summed E-state index contributed by atoms with van der Waals surface area (Å²) in [4.78, 5) is 2.45. The number of halogens is 1. The van der Waals surface area contributed by atoms with Crippen LogP contribution in [0.25, 0.3) is 0 Å². The molecule has 0 aromatic heterocycles. The number of unbranched alkanes of at least 4 members (excludes halogenated alkanes) is 2. The predicted octanol–water partition coefficient (Wildman–Crippen LogP) is 4.51. The van der Waals surface area contributed by atoms with Gasteiger partial charge in [-0.25, -0.2) is 4.39 Å². The summed E-state index contributed by atoms with van der Waals surface area (Å²) in [6.45, 7) is 8.58. The van der Waals surface area contributed by atoms with Crippen LogP contribution in [-0.2, 0) is 0 Å². The van der Waals surface area contributed by atoms with E-state index in [2.05, 4.69) is 25.7 Å². The Hall–Kier alpha value is -0.930. The van der Waals surface area contributed by atoms with Crippen molar-refractivity contribution in [2.45, 2.75) is 65.0 Å². The summed E-state index contributed by atoms with van der Waals surface area (Å²) in [5.41, 5.74) is 7.39. The van der Waals surface area contributed by atoms with Gasteiger partial charge in [-0.1, -0.05) is 45.7 Å². The lowest BCUT2D eigenvalue weighted by molar-refractivity contribution is 0.164. The van der Waals surface area contributed by atoms with E-state index in [-0.39, 0.29) is 17.9 Å². The molecule has 0 fully saturated rings. The Kier molecular flexibility index (Phi) is 8.55. The van der Waals surface area contributed by atoms with Gasteiger partial charge in [-0.2, -0.15) is 0 Å². The van der Waals surface area contributed by atoms with Gasteiger partial charge in [0.2, 0.25) is 0 Å². The summed E-state index contributed by atoms with van der Waals surface area (Å²) in [5, 5.41) is 0. The number of hydrogen-bond donors (Lipinski definition) is 1.